The number of nitrogens with one attached hydrogen (secondary N) is 4. The second-order valence-corrected chi connectivity index (χ2v) is 9.70. The third-order valence-electron chi connectivity index (χ3n) is 6.34. The molecule has 0 saturated heterocycles. The van der Waals surface area contributed by atoms with Crippen molar-refractivity contribution in [3.63, 3.8) is 0 Å². The molecule has 0 radical (unpaired) electrons. The van der Waals surface area contributed by atoms with Crippen LogP contribution in [0.3, 0.4) is 0 Å². The van der Waals surface area contributed by atoms with Crippen molar-refractivity contribution in [2.45, 2.75) is 108 Å². The van der Waals surface area contributed by atoms with Crippen molar-refractivity contribution in [3.8, 4) is 0 Å². The van der Waals surface area contributed by atoms with Crippen molar-refractivity contribution in [2.75, 3.05) is 0 Å². The zero-order valence-corrected chi connectivity index (χ0v) is 22.0. The number of halogens is 4. The van der Waals surface area contributed by atoms with Crippen molar-refractivity contribution in [1.82, 2.24) is 21.3 Å². The van der Waals surface area contributed by atoms with E-state index in [2.05, 4.69) is 10.6 Å². The maximum atomic E-state index is 13.1. The van der Waals surface area contributed by atoms with Gasteiger partial charge in [0, 0.05) is 26.2 Å². The van der Waals surface area contributed by atoms with Gasteiger partial charge in [0.2, 0.25) is 36.5 Å². The van der Waals surface area contributed by atoms with E-state index >= 15 is 0 Å². The van der Waals surface area contributed by atoms with E-state index in [1.165, 1.54) is 0 Å². The molecule has 0 bridgehead atoms. The minimum Gasteiger partial charge on any atom is -0.481 e. The van der Waals surface area contributed by atoms with E-state index in [-0.39, 0.29) is 12.3 Å². The number of hydrogen-bond donors (Lipinski definition) is 6. The van der Waals surface area contributed by atoms with Crippen molar-refractivity contribution in [2.24, 2.45) is 5.92 Å². The summed E-state index contributed by atoms with van der Waals surface area (Å²) >= 11 is 0. The van der Waals surface area contributed by atoms with E-state index in [1.807, 2.05) is 10.6 Å². The summed E-state index contributed by atoms with van der Waals surface area (Å²) in [6, 6.07) is -6.76. The number of aliphatic carboxylic acids is 2. The molecule has 1 rings (SSSR count). The molecule has 1 aliphatic rings. The quantitative estimate of drug-likeness (QED) is 0.137. The van der Waals surface area contributed by atoms with E-state index in [0.717, 1.165) is 26.2 Å². The minimum atomic E-state index is -3.05. The Kier molecular flexibility index (Phi) is 14.9. The van der Waals surface area contributed by atoms with Crippen molar-refractivity contribution >= 4 is 35.6 Å². The predicted octanol–water partition coefficient (Wildman–Crippen LogP) is 1.18. The summed E-state index contributed by atoms with van der Waals surface area (Å²) in [6.45, 7) is 0.979. The van der Waals surface area contributed by atoms with Crippen LogP contribution in [0.4, 0.5) is 17.6 Å². The Morgan fingerprint density at radius 2 is 1.18 bits per heavy atom. The highest BCUT2D eigenvalue weighted by molar-refractivity contribution is 5.95. The maximum absolute atomic E-state index is 13.1. The zero-order valence-electron chi connectivity index (χ0n) is 22.0. The fraction of sp³-hybridized carbons (Fsp3) is 0.750. The SMILES string of the molecule is CC(=O)N[C@@H](CC(F)F)C(=O)N[C@@H](CCC(=O)O)C(=O)N[C@@H](CC1CCCCC1)C(=O)N[C@@H](CC(F)F)C(=O)O. The number of alkyl halides is 4. The van der Waals surface area contributed by atoms with Crippen LogP contribution >= 0.6 is 0 Å². The van der Waals surface area contributed by atoms with Crippen LogP contribution in [-0.4, -0.2) is 82.8 Å². The van der Waals surface area contributed by atoms with Crippen LogP contribution in [-0.2, 0) is 28.8 Å². The Bertz CT molecular complexity index is 902. The van der Waals surface area contributed by atoms with Gasteiger partial charge in [-0.25, -0.2) is 22.4 Å². The molecule has 0 aliphatic heterocycles. The lowest BCUT2D eigenvalue weighted by Crippen LogP contribution is -2.58. The number of amides is 4. The van der Waals surface area contributed by atoms with Crippen LogP contribution in [0.5, 0.6) is 0 Å². The molecule has 40 heavy (non-hydrogen) atoms. The fourth-order valence-corrected chi connectivity index (χ4v) is 4.40. The highest BCUT2D eigenvalue weighted by atomic mass is 19.3. The molecular weight excluding hydrogens is 548 g/mol. The van der Waals surface area contributed by atoms with Gasteiger partial charge in [-0.05, 0) is 18.8 Å². The maximum Gasteiger partial charge on any atom is 0.326 e. The average molecular weight is 585 g/mol. The number of carboxylic acid groups (broad SMARTS) is 2. The first-order valence-electron chi connectivity index (χ1n) is 12.9. The van der Waals surface area contributed by atoms with E-state index < -0.39 is 98.3 Å². The van der Waals surface area contributed by atoms with Gasteiger partial charge >= 0.3 is 11.9 Å². The van der Waals surface area contributed by atoms with Crippen LogP contribution in [0, 0.1) is 5.92 Å². The van der Waals surface area contributed by atoms with Crippen LogP contribution < -0.4 is 21.3 Å². The van der Waals surface area contributed by atoms with Gasteiger partial charge in [-0.15, -0.1) is 0 Å². The van der Waals surface area contributed by atoms with Crippen LogP contribution in [0.15, 0.2) is 0 Å². The van der Waals surface area contributed by atoms with Gasteiger partial charge in [0.25, 0.3) is 0 Å². The topological polar surface area (TPSA) is 191 Å². The standard InChI is InChI=1S/C24H36F4N4O8/c1-12(33)29-16(10-18(25)26)23(38)30-14(7-8-20(34)35)21(36)31-15(9-13-5-3-2-4-6-13)22(37)32-17(24(39)40)11-19(27)28/h13-19H,2-11H2,1H3,(H,29,33)(H,30,38)(H,31,36)(H,32,37)(H,34,35)(H,39,40)/t14-,15-,16-,17-/m0/s1. The highest BCUT2D eigenvalue weighted by Crippen LogP contribution is 2.27. The van der Waals surface area contributed by atoms with Gasteiger partial charge in [-0.2, -0.15) is 0 Å². The Morgan fingerprint density at radius 1 is 0.700 bits per heavy atom. The second-order valence-electron chi connectivity index (χ2n) is 9.70. The first-order chi connectivity index (χ1) is 18.7. The molecule has 12 nitrogen and oxygen atoms in total. The second kappa shape index (κ2) is 17.3. The number of rotatable bonds is 17. The molecule has 4 amide bonds. The summed E-state index contributed by atoms with van der Waals surface area (Å²) in [6.07, 6.45) is -5.49. The molecular formula is C24H36F4N4O8. The smallest absolute Gasteiger partial charge is 0.326 e. The molecule has 0 aromatic rings. The van der Waals surface area contributed by atoms with E-state index in [9.17, 15) is 51.4 Å². The van der Waals surface area contributed by atoms with Gasteiger partial charge < -0.3 is 31.5 Å². The Labute approximate surface area is 228 Å². The first kappa shape index (κ1) is 34.6. The normalized spacial score (nSPS) is 16.9. The summed E-state index contributed by atoms with van der Waals surface area (Å²) in [5, 5.41) is 26.7. The molecule has 16 heteroatoms. The molecule has 0 aromatic heterocycles. The van der Waals surface area contributed by atoms with E-state index in [1.54, 1.807) is 0 Å². The van der Waals surface area contributed by atoms with Crippen LogP contribution in [0.25, 0.3) is 0 Å². The lowest BCUT2D eigenvalue weighted by Gasteiger charge is -2.29. The number of carbonyl (C=O) groups is 6. The Morgan fingerprint density at radius 3 is 1.68 bits per heavy atom. The summed E-state index contributed by atoms with van der Waals surface area (Å²) < 4.78 is 51.6. The molecule has 0 aromatic carbocycles. The number of carboxylic acids is 2. The van der Waals surface area contributed by atoms with Crippen molar-refractivity contribution in [3.05, 3.63) is 0 Å². The summed E-state index contributed by atoms with van der Waals surface area (Å²) in [7, 11) is 0. The summed E-state index contributed by atoms with van der Waals surface area (Å²) in [5.41, 5.74) is 0. The molecule has 0 unspecified atom stereocenters. The molecule has 1 saturated carbocycles. The van der Waals surface area contributed by atoms with Crippen LogP contribution in [0.1, 0.15) is 71.1 Å². The Hall–Kier alpha value is -3.46. The first-order valence-corrected chi connectivity index (χ1v) is 12.9. The average Bonchev–Trinajstić information content (AvgIpc) is 2.84. The molecule has 6 N–H and O–H groups in total. The molecule has 4 atom stereocenters. The highest BCUT2D eigenvalue weighted by Gasteiger charge is 2.34. The van der Waals surface area contributed by atoms with E-state index in [4.69, 9.17) is 5.11 Å². The third-order valence-corrected chi connectivity index (χ3v) is 6.34. The Balaban J connectivity index is 3.16. The van der Waals surface area contributed by atoms with Crippen LogP contribution in [0.2, 0.25) is 0 Å². The molecule has 0 spiro atoms. The third kappa shape index (κ3) is 13.6. The fourth-order valence-electron chi connectivity index (χ4n) is 4.40. The molecule has 0 heterocycles. The lowest BCUT2D eigenvalue weighted by atomic mass is 9.84. The van der Waals surface area contributed by atoms with Crippen molar-refractivity contribution < 1.29 is 56.5 Å². The summed E-state index contributed by atoms with van der Waals surface area (Å²) in [5.74, 6) is -7.30. The number of hydrogen-bond acceptors (Lipinski definition) is 6. The monoisotopic (exact) mass is 584 g/mol. The zero-order chi connectivity index (χ0) is 30.4. The van der Waals surface area contributed by atoms with Gasteiger partial charge in [-0.3, -0.25) is 24.0 Å². The van der Waals surface area contributed by atoms with E-state index in [0.29, 0.717) is 12.8 Å². The van der Waals surface area contributed by atoms with Gasteiger partial charge in [0.05, 0.1) is 0 Å². The number of carbonyl (C=O) groups excluding carboxylic acids is 4. The molecule has 1 aliphatic carbocycles. The lowest BCUT2D eigenvalue weighted by molar-refractivity contribution is -0.143. The van der Waals surface area contributed by atoms with Gasteiger partial charge in [-0.1, -0.05) is 32.1 Å². The van der Waals surface area contributed by atoms with Gasteiger partial charge in [0.15, 0.2) is 0 Å². The minimum absolute atomic E-state index is 0.0120. The van der Waals surface area contributed by atoms with Crippen molar-refractivity contribution in [1.29, 1.82) is 0 Å². The largest absolute Gasteiger partial charge is 0.481 e. The predicted molar refractivity (Wildman–Crippen MR) is 130 cm³/mol. The molecule has 1 fully saturated rings. The molecule has 228 valence electrons. The van der Waals surface area contributed by atoms with Gasteiger partial charge in [0.1, 0.15) is 24.2 Å². The summed E-state index contributed by atoms with van der Waals surface area (Å²) in [4.78, 5) is 72.6.